The second-order valence-corrected chi connectivity index (χ2v) is 2.59. The minimum atomic E-state index is -0.613. The lowest BCUT2D eigenvalue weighted by Crippen LogP contribution is -2.31. The third-order valence-electron chi connectivity index (χ3n) is 1.26. The number of carbonyl (C=O) groups is 2. The highest BCUT2D eigenvalue weighted by atomic mass is 16.6. The average Bonchev–Trinajstić information content (AvgIpc) is 2.01. The molecule has 13 heavy (non-hydrogen) atoms. The molecule has 0 saturated heterocycles. The van der Waals surface area contributed by atoms with Crippen LogP contribution in [0.25, 0.3) is 0 Å². The van der Waals surface area contributed by atoms with E-state index in [1.165, 1.54) is 0 Å². The quantitative estimate of drug-likeness (QED) is 0.273. The van der Waals surface area contributed by atoms with Crippen LogP contribution in [0.3, 0.4) is 0 Å². The number of esters is 2. The molecule has 6 N–H and O–H groups in total. The van der Waals surface area contributed by atoms with Crippen molar-refractivity contribution >= 4 is 11.9 Å². The Hall–Kier alpha value is -0.980. The van der Waals surface area contributed by atoms with Crippen LogP contribution in [0, 0.1) is 0 Å². The summed E-state index contributed by atoms with van der Waals surface area (Å²) in [5.74, 6) is -1.22. The van der Waals surface area contributed by atoms with Gasteiger partial charge in [-0.15, -0.1) is 0 Å². The fourth-order valence-electron chi connectivity index (χ4n) is 0.631. The summed E-state index contributed by atoms with van der Waals surface area (Å²) < 4.78 is 4.37. The molecule has 0 unspecified atom stereocenters. The van der Waals surface area contributed by atoms with Crippen molar-refractivity contribution in [3.8, 4) is 0 Å². The third-order valence-corrected chi connectivity index (χ3v) is 1.26. The van der Waals surface area contributed by atoms with Gasteiger partial charge in [0.05, 0.1) is 12.6 Å². The van der Waals surface area contributed by atoms with Crippen LogP contribution in [0.5, 0.6) is 0 Å². The van der Waals surface area contributed by atoms with Crippen molar-refractivity contribution in [3.63, 3.8) is 0 Å². The number of hydrogen-bond acceptors (Lipinski definition) is 6. The van der Waals surface area contributed by atoms with E-state index >= 15 is 0 Å². The summed E-state index contributed by atoms with van der Waals surface area (Å²) in [5, 5.41) is 0. The monoisotopic (exact) mass is 189 g/mol. The molecule has 0 aliphatic heterocycles. The van der Waals surface area contributed by atoms with Crippen molar-refractivity contribution in [2.45, 2.75) is 25.4 Å². The number of nitrogens with two attached hydrogens (primary N) is 3. The van der Waals surface area contributed by atoms with E-state index in [9.17, 15) is 9.59 Å². The summed E-state index contributed by atoms with van der Waals surface area (Å²) in [7, 11) is 0. The first-order valence-corrected chi connectivity index (χ1v) is 4.01. The molecule has 0 saturated carbocycles. The van der Waals surface area contributed by atoms with E-state index in [0.717, 1.165) is 0 Å². The van der Waals surface area contributed by atoms with Gasteiger partial charge in [0.2, 0.25) is 0 Å². The molecular formula is C7H15N3O3. The summed E-state index contributed by atoms with van der Waals surface area (Å²) in [4.78, 5) is 21.6. The molecule has 0 heterocycles. The molecule has 0 aromatic rings. The standard InChI is InChI=1S/C7H15N3O3/c8-4-3-7(12)13-6(11)2-1-5(9)10/h5H,1-4,8-10H2. The first-order chi connectivity index (χ1) is 6.06. The molecule has 0 fully saturated rings. The van der Waals surface area contributed by atoms with Gasteiger partial charge in [-0.2, -0.15) is 0 Å². The Morgan fingerprint density at radius 1 is 1.15 bits per heavy atom. The van der Waals surface area contributed by atoms with E-state index in [0.29, 0.717) is 6.42 Å². The van der Waals surface area contributed by atoms with Crippen LogP contribution in [0.15, 0.2) is 0 Å². The largest absolute Gasteiger partial charge is 0.393 e. The first kappa shape index (κ1) is 12.0. The maximum Gasteiger partial charge on any atom is 0.314 e. The highest BCUT2D eigenvalue weighted by Crippen LogP contribution is 1.95. The van der Waals surface area contributed by atoms with Crippen molar-refractivity contribution in [2.75, 3.05) is 6.54 Å². The second-order valence-electron chi connectivity index (χ2n) is 2.59. The molecule has 76 valence electrons. The fraction of sp³-hybridized carbons (Fsp3) is 0.714. The lowest BCUT2D eigenvalue weighted by atomic mass is 10.3. The number of rotatable bonds is 5. The zero-order chi connectivity index (χ0) is 10.3. The first-order valence-electron chi connectivity index (χ1n) is 4.01. The second kappa shape index (κ2) is 6.53. The molecule has 0 aliphatic rings. The van der Waals surface area contributed by atoms with Crippen LogP contribution in [0.1, 0.15) is 19.3 Å². The Balaban J connectivity index is 3.56. The Morgan fingerprint density at radius 2 is 1.69 bits per heavy atom. The topological polar surface area (TPSA) is 121 Å². The van der Waals surface area contributed by atoms with E-state index in [4.69, 9.17) is 17.2 Å². The molecule has 6 nitrogen and oxygen atoms in total. The maximum atomic E-state index is 10.8. The van der Waals surface area contributed by atoms with E-state index in [1.54, 1.807) is 0 Å². The van der Waals surface area contributed by atoms with Gasteiger partial charge in [-0.05, 0) is 6.42 Å². The molecular weight excluding hydrogens is 174 g/mol. The lowest BCUT2D eigenvalue weighted by Gasteiger charge is -2.04. The molecule has 6 heteroatoms. The molecule has 0 aliphatic carbocycles. The van der Waals surface area contributed by atoms with Crippen LogP contribution in [0.2, 0.25) is 0 Å². The van der Waals surface area contributed by atoms with E-state index in [-0.39, 0.29) is 19.4 Å². The summed E-state index contributed by atoms with van der Waals surface area (Å²) in [6.45, 7) is 0.169. The summed E-state index contributed by atoms with van der Waals surface area (Å²) in [5.41, 5.74) is 15.5. The van der Waals surface area contributed by atoms with E-state index in [1.807, 2.05) is 0 Å². The van der Waals surface area contributed by atoms with Crippen molar-refractivity contribution in [3.05, 3.63) is 0 Å². The Labute approximate surface area is 76.4 Å². The Morgan fingerprint density at radius 3 is 2.15 bits per heavy atom. The Bertz CT molecular complexity index is 182. The molecule has 0 atom stereocenters. The molecule has 0 aromatic carbocycles. The molecule has 0 aromatic heterocycles. The summed E-state index contributed by atoms with van der Waals surface area (Å²) in [6, 6.07) is 0. The fourth-order valence-corrected chi connectivity index (χ4v) is 0.631. The normalized spacial score (nSPS) is 10.2. The average molecular weight is 189 g/mol. The van der Waals surface area contributed by atoms with Gasteiger partial charge in [0, 0.05) is 13.0 Å². The van der Waals surface area contributed by atoms with Gasteiger partial charge in [0.1, 0.15) is 0 Å². The summed E-state index contributed by atoms with van der Waals surface area (Å²) >= 11 is 0. The third kappa shape index (κ3) is 7.38. The predicted octanol–water partition coefficient (Wildman–Crippen LogP) is -1.57. The van der Waals surface area contributed by atoms with Crippen molar-refractivity contribution < 1.29 is 14.3 Å². The van der Waals surface area contributed by atoms with Gasteiger partial charge in [0.25, 0.3) is 0 Å². The van der Waals surface area contributed by atoms with Crippen LogP contribution < -0.4 is 17.2 Å². The molecule has 0 spiro atoms. The minimum Gasteiger partial charge on any atom is -0.393 e. The molecule has 0 bridgehead atoms. The Kier molecular flexibility index (Phi) is 6.03. The smallest absolute Gasteiger partial charge is 0.314 e. The summed E-state index contributed by atoms with van der Waals surface area (Å²) in [6.07, 6.45) is -0.166. The highest BCUT2D eigenvalue weighted by molar-refractivity contribution is 5.85. The van der Waals surface area contributed by atoms with Crippen molar-refractivity contribution in [1.82, 2.24) is 0 Å². The van der Waals surface area contributed by atoms with Gasteiger partial charge >= 0.3 is 11.9 Å². The molecule has 0 radical (unpaired) electrons. The lowest BCUT2D eigenvalue weighted by molar-refractivity contribution is -0.159. The van der Waals surface area contributed by atoms with Crippen molar-refractivity contribution in [2.24, 2.45) is 17.2 Å². The van der Waals surface area contributed by atoms with Gasteiger partial charge in [-0.3, -0.25) is 9.59 Å². The van der Waals surface area contributed by atoms with Crippen LogP contribution >= 0.6 is 0 Å². The van der Waals surface area contributed by atoms with Crippen LogP contribution in [-0.2, 0) is 14.3 Å². The molecule has 0 amide bonds. The minimum absolute atomic E-state index is 0.0421. The zero-order valence-corrected chi connectivity index (χ0v) is 7.36. The number of carbonyl (C=O) groups excluding carboxylic acids is 2. The number of ether oxygens (including phenoxy) is 1. The van der Waals surface area contributed by atoms with Gasteiger partial charge in [0.15, 0.2) is 0 Å². The number of hydrogen-bond donors (Lipinski definition) is 3. The maximum absolute atomic E-state index is 10.8. The zero-order valence-electron chi connectivity index (χ0n) is 7.36. The van der Waals surface area contributed by atoms with Crippen molar-refractivity contribution in [1.29, 1.82) is 0 Å². The predicted molar refractivity (Wildman–Crippen MR) is 46.2 cm³/mol. The van der Waals surface area contributed by atoms with Gasteiger partial charge < -0.3 is 21.9 Å². The van der Waals surface area contributed by atoms with Gasteiger partial charge in [-0.1, -0.05) is 0 Å². The van der Waals surface area contributed by atoms with Crippen LogP contribution in [0.4, 0.5) is 0 Å². The SMILES string of the molecule is NCCC(=O)OC(=O)CCC(N)N. The molecule has 0 rings (SSSR count). The van der Waals surface area contributed by atoms with E-state index < -0.39 is 18.1 Å². The van der Waals surface area contributed by atoms with Gasteiger partial charge in [-0.25, -0.2) is 0 Å². The van der Waals surface area contributed by atoms with E-state index in [2.05, 4.69) is 4.74 Å². The highest BCUT2D eigenvalue weighted by Gasteiger charge is 2.09. The van der Waals surface area contributed by atoms with Crippen LogP contribution in [-0.4, -0.2) is 24.6 Å².